The van der Waals surface area contributed by atoms with Crippen LogP contribution in [0.25, 0.3) is 0 Å². The summed E-state index contributed by atoms with van der Waals surface area (Å²) in [6.45, 7) is 3.64. The van der Waals surface area contributed by atoms with Gasteiger partial charge in [0.2, 0.25) is 5.91 Å². The summed E-state index contributed by atoms with van der Waals surface area (Å²) in [5.74, 6) is -1.05. The van der Waals surface area contributed by atoms with Crippen molar-refractivity contribution in [3.8, 4) is 5.75 Å². The molecule has 160 valence electrons. The lowest BCUT2D eigenvalue weighted by Crippen LogP contribution is -2.50. The smallest absolute Gasteiger partial charge is 0.261 e. The third-order valence-corrected chi connectivity index (χ3v) is 5.49. The van der Waals surface area contributed by atoms with Crippen molar-refractivity contribution in [3.63, 3.8) is 0 Å². The van der Waals surface area contributed by atoms with Crippen molar-refractivity contribution >= 4 is 11.8 Å². The van der Waals surface area contributed by atoms with Gasteiger partial charge in [-0.25, -0.2) is 4.39 Å². The molecule has 0 saturated heterocycles. The average molecular weight is 413 g/mol. The Bertz CT molecular complexity index is 880. The van der Waals surface area contributed by atoms with Crippen LogP contribution < -0.4 is 10.1 Å². The summed E-state index contributed by atoms with van der Waals surface area (Å²) in [7, 11) is 0. The molecule has 0 bridgehead atoms. The molecular formula is C24H29FN2O3. The van der Waals surface area contributed by atoms with E-state index in [9.17, 15) is 14.0 Å². The van der Waals surface area contributed by atoms with Crippen LogP contribution in [0.1, 0.15) is 43.7 Å². The number of hydrogen-bond donors (Lipinski definition) is 1. The van der Waals surface area contributed by atoms with E-state index in [4.69, 9.17) is 4.74 Å². The number of hydrogen-bond acceptors (Lipinski definition) is 3. The molecule has 0 spiro atoms. The molecular weight excluding hydrogens is 383 g/mol. The van der Waals surface area contributed by atoms with E-state index in [1.54, 1.807) is 19.1 Å². The van der Waals surface area contributed by atoms with Crippen molar-refractivity contribution < 1.29 is 18.7 Å². The molecule has 2 aromatic rings. The van der Waals surface area contributed by atoms with Crippen LogP contribution in [-0.4, -0.2) is 35.4 Å². The monoisotopic (exact) mass is 412 g/mol. The topological polar surface area (TPSA) is 58.6 Å². The van der Waals surface area contributed by atoms with Gasteiger partial charge in [-0.05, 0) is 44.4 Å². The fourth-order valence-electron chi connectivity index (χ4n) is 3.77. The summed E-state index contributed by atoms with van der Waals surface area (Å²) in [4.78, 5) is 27.3. The number of carbonyl (C=O) groups is 2. The summed E-state index contributed by atoms with van der Waals surface area (Å²) < 4.78 is 19.2. The van der Waals surface area contributed by atoms with E-state index < -0.39 is 11.9 Å². The highest BCUT2D eigenvalue weighted by atomic mass is 19.1. The van der Waals surface area contributed by atoms with Crippen LogP contribution >= 0.6 is 0 Å². The highest BCUT2D eigenvalue weighted by molar-refractivity contribution is 5.88. The Hall–Kier alpha value is -2.89. The second-order valence-electron chi connectivity index (χ2n) is 7.90. The number of halogens is 1. The summed E-state index contributed by atoms with van der Waals surface area (Å²) in [6, 6.07) is 13.3. The fraction of sp³-hybridized carbons (Fsp3) is 0.417. The van der Waals surface area contributed by atoms with Gasteiger partial charge in [0.1, 0.15) is 6.04 Å². The second-order valence-corrected chi connectivity index (χ2v) is 7.90. The molecule has 2 aromatic carbocycles. The quantitative estimate of drug-likeness (QED) is 0.713. The van der Waals surface area contributed by atoms with Crippen LogP contribution in [-0.2, 0) is 16.1 Å². The lowest BCUT2D eigenvalue weighted by molar-refractivity contribution is -0.142. The molecule has 0 heterocycles. The third kappa shape index (κ3) is 5.81. The number of aryl methyl sites for hydroxylation is 1. The molecule has 0 aromatic heterocycles. The summed E-state index contributed by atoms with van der Waals surface area (Å²) in [6.07, 6.45) is 4.17. The molecule has 0 aliphatic heterocycles. The van der Waals surface area contributed by atoms with E-state index in [1.165, 1.54) is 17.0 Å². The molecule has 3 rings (SSSR count). The van der Waals surface area contributed by atoms with Gasteiger partial charge in [-0.2, -0.15) is 0 Å². The van der Waals surface area contributed by atoms with Crippen LogP contribution in [0, 0.1) is 12.7 Å². The van der Waals surface area contributed by atoms with Gasteiger partial charge in [0.05, 0.1) is 0 Å². The van der Waals surface area contributed by atoms with E-state index in [0.717, 1.165) is 36.8 Å². The number of nitrogens with one attached hydrogen (secondary N) is 1. The molecule has 2 amide bonds. The van der Waals surface area contributed by atoms with E-state index >= 15 is 0 Å². The first-order chi connectivity index (χ1) is 14.4. The van der Waals surface area contributed by atoms with Gasteiger partial charge in [-0.1, -0.05) is 54.8 Å². The van der Waals surface area contributed by atoms with Gasteiger partial charge in [0.25, 0.3) is 5.91 Å². The van der Waals surface area contributed by atoms with Gasteiger partial charge < -0.3 is 15.0 Å². The zero-order valence-electron chi connectivity index (χ0n) is 17.6. The minimum atomic E-state index is -0.664. The fourth-order valence-corrected chi connectivity index (χ4v) is 3.77. The summed E-state index contributed by atoms with van der Waals surface area (Å²) >= 11 is 0. The first-order valence-corrected chi connectivity index (χ1v) is 10.5. The second kappa shape index (κ2) is 10.2. The van der Waals surface area contributed by atoms with E-state index in [-0.39, 0.29) is 36.8 Å². The zero-order valence-corrected chi connectivity index (χ0v) is 17.6. The Labute approximate surface area is 177 Å². The normalized spacial score (nSPS) is 14.9. The SMILES string of the molecule is Cc1cccc(CN(C(=O)COc2ccccc2F)C(C)C(=O)NC2CCCC2)c1. The summed E-state index contributed by atoms with van der Waals surface area (Å²) in [5.41, 5.74) is 2.00. The van der Waals surface area contributed by atoms with Crippen molar-refractivity contribution in [1.29, 1.82) is 0 Å². The highest BCUT2D eigenvalue weighted by Gasteiger charge is 2.28. The molecule has 1 unspecified atom stereocenters. The van der Waals surface area contributed by atoms with Crippen molar-refractivity contribution in [1.82, 2.24) is 10.2 Å². The van der Waals surface area contributed by atoms with Crippen LogP contribution in [0.5, 0.6) is 5.75 Å². The van der Waals surface area contributed by atoms with Gasteiger partial charge in [0, 0.05) is 12.6 Å². The number of ether oxygens (including phenoxy) is 1. The first kappa shape index (κ1) is 21.8. The van der Waals surface area contributed by atoms with E-state index in [1.807, 2.05) is 31.2 Å². The maximum Gasteiger partial charge on any atom is 0.261 e. The lowest BCUT2D eigenvalue weighted by Gasteiger charge is -2.29. The Balaban J connectivity index is 1.72. The van der Waals surface area contributed by atoms with Gasteiger partial charge in [0.15, 0.2) is 18.2 Å². The van der Waals surface area contributed by atoms with Crippen molar-refractivity contribution in [2.45, 2.75) is 58.2 Å². The molecule has 5 nitrogen and oxygen atoms in total. The van der Waals surface area contributed by atoms with Crippen LogP contribution in [0.2, 0.25) is 0 Å². The predicted octanol–water partition coefficient (Wildman–Crippen LogP) is 3.99. The standard InChI is InChI=1S/C24H29FN2O3/c1-17-8-7-9-19(14-17)15-27(18(2)24(29)26-20-10-3-4-11-20)23(28)16-30-22-13-6-5-12-21(22)25/h5-9,12-14,18,20H,3-4,10-11,15-16H2,1-2H3,(H,26,29). The number of benzene rings is 2. The Morgan fingerprint density at radius 3 is 2.60 bits per heavy atom. The molecule has 1 atom stereocenters. The van der Waals surface area contributed by atoms with Crippen molar-refractivity contribution in [2.24, 2.45) is 0 Å². The number of nitrogens with zero attached hydrogens (tertiary/aromatic N) is 1. The minimum Gasteiger partial charge on any atom is -0.481 e. The molecule has 1 saturated carbocycles. The average Bonchev–Trinajstić information content (AvgIpc) is 3.24. The maximum absolute atomic E-state index is 13.8. The third-order valence-electron chi connectivity index (χ3n) is 5.49. The van der Waals surface area contributed by atoms with Crippen LogP contribution in [0.3, 0.4) is 0 Å². The molecule has 6 heteroatoms. The summed E-state index contributed by atoms with van der Waals surface area (Å²) in [5, 5.41) is 3.06. The maximum atomic E-state index is 13.8. The molecule has 1 aliphatic rings. The van der Waals surface area contributed by atoms with Crippen molar-refractivity contribution in [3.05, 3.63) is 65.5 Å². The minimum absolute atomic E-state index is 0.0180. The Morgan fingerprint density at radius 2 is 1.90 bits per heavy atom. The Kier molecular flexibility index (Phi) is 7.44. The highest BCUT2D eigenvalue weighted by Crippen LogP contribution is 2.19. The number of para-hydroxylation sites is 1. The lowest BCUT2D eigenvalue weighted by atomic mass is 10.1. The largest absolute Gasteiger partial charge is 0.481 e. The van der Waals surface area contributed by atoms with Gasteiger partial charge in [-0.3, -0.25) is 9.59 Å². The molecule has 0 radical (unpaired) electrons. The molecule has 30 heavy (non-hydrogen) atoms. The van der Waals surface area contributed by atoms with E-state index in [0.29, 0.717) is 0 Å². The number of amides is 2. The molecule has 1 N–H and O–H groups in total. The first-order valence-electron chi connectivity index (χ1n) is 10.5. The molecule has 1 aliphatic carbocycles. The van der Waals surface area contributed by atoms with Crippen LogP contribution in [0.15, 0.2) is 48.5 Å². The van der Waals surface area contributed by atoms with Gasteiger partial charge >= 0.3 is 0 Å². The van der Waals surface area contributed by atoms with Gasteiger partial charge in [-0.15, -0.1) is 0 Å². The predicted molar refractivity (Wildman–Crippen MR) is 113 cm³/mol. The van der Waals surface area contributed by atoms with Crippen molar-refractivity contribution in [2.75, 3.05) is 6.61 Å². The van der Waals surface area contributed by atoms with E-state index in [2.05, 4.69) is 5.32 Å². The Morgan fingerprint density at radius 1 is 1.17 bits per heavy atom. The van der Waals surface area contributed by atoms with Crippen LogP contribution in [0.4, 0.5) is 4.39 Å². The molecule has 1 fully saturated rings. The zero-order chi connectivity index (χ0) is 21.5. The number of carbonyl (C=O) groups excluding carboxylic acids is 2. The number of rotatable bonds is 8.